The average Bonchev–Trinajstić information content (AvgIpc) is 2.97. The van der Waals surface area contributed by atoms with Crippen molar-refractivity contribution in [2.45, 2.75) is 36.7 Å². The van der Waals surface area contributed by atoms with E-state index in [2.05, 4.69) is 14.7 Å². The van der Waals surface area contributed by atoms with Gasteiger partial charge in [-0.1, -0.05) is 43.3 Å². The van der Waals surface area contributed by atoms with Gasteiger partial charge in [0.2, 0.25) is 5.88 Å². The summed E-state index contributed by atoms with van der Waals surface area (Å²) in [6.45, 7) is 5.27. The van der Waals surface area contributed by atoms with E-state index in [1.807, 2.05) is 38.1 Å². The molecular weight excluding hydrogens is 572 g/mol. The number of rotatable bonds is 9. The van der Waals surface area contributed by atoms with Crippen molar-refractivity contribution in [1.29, 1.82) is 0 Å². The van der Waals surface area contributed by atoms with Crippen molar-refractivity contribution in [1.82, 2.24) is 9.97 Å². The van der Waals surface area contributed by atoms with Crippen LogP contribution in [-0.4, -0.2) is 38.7 Å². The number of hydrogen-bond donors (Lipinski definition) is 2. The molecule has 0 aliphatic rings. The van der Waals surface area contributed by atoms with Gasteiger partial charge >= 0.3 is 0 Å². The second-order valence-corrected chi connectivity index (χ2v) is 13.9. The van der Waals surface area contributed by atoms with E-state index in [9.17, 15) is 16.8 Å². The minimum atomic E-state index is -3.89. The topological polar surface area (TPSA) is 141 Å². The second kappa shape index (κ2) is 11.4. The summed E-state index contributed by atoms with van der Waals surface area (Å²) in [5.74, 6) is 0.499. The van der Waals surface area contributed by atoms with Crippen LogP contribution in [0.15, 0.2) is 101 Å². The number of nitrogens with two attached hydrogens (primary N) is 1. The van der Waals surface area contributed by atoms with Crippen molar-refractivity contribution in [3.05, 3.63) is 91.1 Å². The zero-order valence-corrected chi connectivity index (χ0v) is 24.9. The van der Waals surface area contributed by atoms with Crippen LogP contribution in [0.4, 0.5) is 11.5 Å². The van der Waals surface area contributed by atoms with Crippen molar-refractivity contribution < 1.29 is 21.6 Å². The lowest BCUT2D eigenvalue weighted by molar-refractivity contribution is 0.234. The van der Waals surface area contributed by atoms with Gasteiger partial charge in [-0.15, -0.1) is 0 Å². The lowest BCUT2D eigenvalue weighted by Gasteiger charge is -2.16. The van der Waals surface area contributed by atoms with Gasteiger partial charge in [-0.3, -0.25) is 4.72 Å². The van der Waals surface area contributed by atoms with Gasteiger partial charge in [-0.2, -0.15) is 0 Å². The predicted octanol–water partition coefficient (Wildman–Crippen LogP) is 5.93. The summed E-state index contributed by atoms with van der Waals surface area (Å²) in [5, 5.41) is 0.788. The maximum Gasteiger partial charge on any atom is 0.262 e. The molecule has 11 heteroatoms. The number of pyridine rings is 2. The third-order valence-corrected chi connectivity index (χ3v) is 9.71. The number of nitrogens with zero attached hydrogens (tertiary/aromatic N) is 2. The van der Waals surface area contributed by atoms with Gasteiger partial charge in [0.1, 0.15) is 11.5 Å². The number of hydrogen-bond acceptors (Lipinski definition) is 8. The number of nitrogen functional groups attached to an aromatic ring is 1. The number of aromatic nitrogens is 2. The first-order chi connectivity index (χ1) is 20.0. The Hall–Kier alpha value is -4.48. The van der Waals surface area contributed by atoms with Gasteiger partial charge in [-0.05, 0) is 73.5 Å². The average molecular weight is 603 g/mol. The first-order valence-electron chi connectivity index (χ1n) is 13.3. The summed E-state index contributed by atoms with van der Waals surface area (Å²) in [6, 6.07) is 23.8. The van der Waals surface area contributed by atoms with Gasteiger partial charge in [0.15, 0.2) is 9.84 Å². The maximum atomic E-state index is 13.1. The van der Waals surface area contributed by atoms with E-state index >= 15 is 0 Å². The van der Waals surface area contributed by atoms with E-state index in [0.29, 0.717) is 22.5 Å². The fraction of sp³-hybridized carbons (Fsp3) is 0.161. The van der Waals surface area contributed by atoms with E-state index < -0.39 is 19.9 Å². The van der Waals surface area contributed by atoms with Crippen LogP contribution < -0.4 is 15.2 Å². The van der Waals surface area contributed by atoms with Gasteiger partial charge in [0.25, 0.3) is 10.0 Å². The molecule has 5 aromatic rings. The summed E-state index contributed by atoms with van der Waals surface area (Å²) in [5.41, 5.74) is 9.99. The summed E-state index contributed by atoms with van der Waals surface area (Å²) >= 11 is 0. The molecule has 0 aliphatic carbocycles. The Morgan fingerprint density at radius 1 is 0.833 bits per heavy atom. The predicted molar refractivity (Wildman–Crippen MR) is 166 cm³/mol. The molecule has 0 bridgehead atoms. The number of fused-ring (bicyclic) bond motifs is 1. The molecule has 2 heterocycles. The van der Waals surface area contributed by atoms with Crippen LogP contribution in [0.25, 0.3) is 33.2 Å². The minimum Gasteiger partial charge on any atom is -0.473 e. The fourth-order valence-electron chi connectivity index (χ4n) is 4.41. The first kappa shape index (κ1) is 29.0. The number of ether oxygens (including phenoxy) is 1. The van der Waals surface area contributed by atoms with E-state index in [1.54, 1.807) is 61.7 Å². The number of anilines is 2. The molecule has 0 saturated heterocycles. The highest BCUT2D eigenvalue weighted by atomic mass is 32.2. The molecule has 0 aliphatic heterocycles. The third-order valence-electron chi connectivity index (χ3n) is 6.58. The Morgan fingerprint density at radius 3 is 2.19 bits per heavy atom. The van der Waals surface area contributed by atoms with Crippen LogP contribution in [0.3, 0.4) is 0 Å². The lowest BCUT2D eigenvalue weighted by atomic mass is 10.0. The normalized spacial score (nSPS) is 12.0. The molecule has 0 unspecified atom stereocenters. The molecule has 0 saturated carbocycles. The second-order valence-electron chi connectivity index (χ2n) is 9.92. The molecule has 0 radical (unpaired) electrons. The molecule has 9 nitrogen and oxygen atoms in total. The van der Waals surface area contributed by atoms with Gasteiger partial charge in [0.05, 0.1) is 27.2 Å². The molecule has 5 rings (SSSR count). The highest BCUT2D eigenvalue weighted by Crippen LogP contribution is 2.34. The third kappa shape index (κ3) is 6.07. The van der Waals surface area contributed by atoms with Crippen LogP contribution in [-0.2, 0) is 19.9 Å². The molecule has 0 atom stereocenters. The Bertz CT molecular complexity index is 1980. The standard InChI is InChI=1S/C31H30N4O5S2/c1-4-41(36,37)25-13-10-21(11-14-25)27-17-23-16-22(12-15-28(23)34-30(27)32)24-18-29(31(33-19-24)40-20(2)3)35-42(38,39)26-8-6-5-7-9-26/h5-20,35H,4H2,1-3H3,(H2,32,34). The van der Waals surface area contributed by atoms with Crippen molar-refractivity contribution in [2.24, 2.45) is 0 Å². The van der Waals surface area contributed by atoms with Crippen molar-refractivity contribution in [3.8, 4) is 28.1 Å². The molecule has 2 aromatic heterocycles. The van der Waals surface area contributed by atoms with Crippen LogP contribution in [0.2, 0.25) is 0 Å². The lowest BCUT2D eigenvalue weighted by Crippen LogP contribution is -2.16. The highest BCUT2D eigenvalue weighted by Gasteiger charge is 2.19. The molecule has 0 spiro atoms. The van der Waals surface area contributed by atoms with Crippen molar-refractivity contribution >= 4 is 42.3 Å². The Balaban J connectivity index is 1.54. The summed E-state index contributed by atoms with van der Waals surface area (Å²) in [4.78, 5) is 9.35. The van der Waals surface area contributed by atoms with Gasteiger partial charge in [0, 0.05) is 22.7 Å². The summed E-state index contributed by atoms with van der Waals surface area (Å²) in [7, 11) is -7.22. The molecule has 3 aromatic carbocycles. The largest absolute Gasteiger partial charge is 0.473 e. The summed E-state index contributed by atoms with van der Waals surface area (Å²) in [6.07, 6.45) is 1.40. The molecule has 216 valence electrons. The molecule has 0 amide bonds. The van der Waals surface area contributed by atoms with Crippen LogP contribution in [0.1, 0.15) is 20.8 Å². The molecule has 3 N–H and O–H groups in total. The van der Waals surface area contributed by atoms with Gasteiger partial charge in [-0.25, -0.2) is 26.8 Å². The van der Waals surface area contributed by atoms with Crippen LogP contribution >= 0.6 is 0 Å². The zero-order valence-electron chi connectivity index (χ0n) is 23.3. The van der Waals surface area contributed by atoms with Crippen LogP contribution in [0, 0.1) is 0 Å². The maximum absolute atomic E-state index is 13.1. The molecule has 42 heavy (non-hydrogen) atoms. The van der Waals surface area contributed by atoms with E-state index in [0.717, 1.165) is 16.5 Å². The number of sulfonamides is 1. The van der Waals surface area contributed by atoms with E-state index in [1.165, 1.54) is 12.1 Å². The minimum absolute atomic E-state index is 0.0175. The number of benzene rings is 3. The van der Waals surface area contributed by atoms with Crippen LogP contribution in [0.5, 0.6) is 5.88 Å². The van der Waals surface area contributed by atoms with E-state index in [4.69, 9.17) is 10.5 Å². The molecule has 0 fully saturated rings. The number of nitrogens with one attached hydrogen (secondary N) is 1. The SMILES string of the molecule is CCS(=O)(=O)c1ccc(-c2cc3cc(-c4cnc(OC(C)C)c(NS(=O)(=O)c5ccccc5)c4)ccc3nc2N)cc1. The fourth-order valence-corrected chi connectivity index (χ4v) is 6.37. The zero-order chi connectivity index (χ0) is 30.1. The Kier molecular flexibility index (Phi) is 7.89. The Labute approximate surface area is 245 Å². The van der Waals surface area contributed by atoms with Crippen molar-refractivity contribution in [2.75, 3.05) is 16.2 Å². The summed E-state index contributed by atoms with van der Waals surface area (Å²) < 4.78 is 59.1. The number of sulfone groups is 1. The van der Waals surface area contributed by atoms with Gasteiger partial charge < -0.3 is 10.5 Å². The smallest absolute Gasteiger partial charge is 0.262 e. The monoisotopic (exact) mass is 602 g/mol. The van der Waals surface area contributed by atoms with Crippen molar-refractivity contribution in [3.63, 3.8) is 0 Å². The molecular formula is C31H30N4O5S2. The Morgan fingerprint density at radius 2 is 1.52 bits per heavy atom. The highest BCUT2D eigenvalue weighted by molar-refractivity contribution is 7.92. The quantitative estimate of drug-likeness (QED) is 0.212. The first-order valence-corrected chi connectivity index (χ1v) is 16.4. The van der Waals surface area contributed by atoms with E-state index in [-0.39, 0.29) is 33.2 Å².